The first kappa shape index (κ1) is 20.4. The first-order valence-electron chi connectivity index (χ1n) is 9.92. The predicted molar refractivity (Wildman–Crippen MR) is 121 cm³/mol. The topological polar surface area (TPSA) is 67.9 Å². The summed E-state index contributed by atoms with van der Waals surface area (Å²) in [4.78, 5) is 15.8. The summed E-state index contributed by atoms with van der Waals surface area (Å²) in [5.74, 6) is -0.563. The van der Waals surface area contributed by atoms with Gasteiger partial charge in [-0.25, -0.2) is 0 Å². The number of nitrogens with zero attached hydrogens (tertiary/aromatic N) is 3. The van der Waals surface area contributed by atoms with Crippen LogP contribution in [-0.4, -0.2) is 17.9 Å². The molecule has 2 aliphatic rings. The SMILES string of the molecule is CC(C)(C)C(=O)[C@@H]1[C@@H](c2cccc(Br)c2)C(C#N)(C#N)[C@H]2C=Cc3ccccc3N12. The molecule has 1 fully saturated rings. The molecule has 2 heterocycles. The highest BCUT2D eigenvalue weighted by atomic mass is 79.9. The number of anilines is 1. The van der Waals surface area contributed by atoms with Crippen molar-refractivity contribution in [2.24, 2.45) is 10.8 Å². The molecule has 1 saturated heterocycles. The van der Waals surface area contributed by atoms with Crippen molar-refractivity contribution in [3.05, 3.63) is 70.2 Å². The van der Waals surface area contributed by atoms with Crippen molar-refractivity contribution in [2.75, 3.05) is 4.90 Å². The van der Waals surface area contributed by atoms with E-state index in [1.165, 1.54) is 0 Å². The van der Waals surface area contributed by atoms with Gasteiger partial charge in [0.2, 0.25) is 0 Å². The summed E-state index contributed by atoms with van der Waals surface area (Å²) in [5, 5.41) is 20.7. The fourth-order valence-corrected chi connectivity index (χ4v) is 5.17. The summed E-state index contributed by atoms with van der Waals surface area (Å²) in [6.45, 7) is 5.69. The Labute approximate surface area is 185 Å². The number of fused-ring (bicyclic) bond motifs is 3. The van der Waals surface area contributed by atoms with E-state index >= 15 is 0 Å². The normalized spacial score (nSPS) is 23.8. The monoisotopic (exact) mass is 459 g/mol. The lowest BCUT2D eigenvalue weighted by molar-refractivity contribution is -0.127. The molecule has 0 bridgehead atoms. The number of hydrogen-bond acceptors (Lipinski definition) is 4. The predicted octanol–water partition coefficient (Wildman–Crippen LogP) is 5.47. The van der Waals surface area contributed by atoms with Crippen LogP contribution < -0.4 is 4.90 Å². The second kappa shape index (κ2) is 7.11. The van der Waals surface area contributed by atoms with Crippen LogP contribution >= 0.6 is 15.9 Å². The van der Waals surface area contributed by atoms with Gasteiger partial charge < -0.3 is 4.90 Å². The summed E-state index contributed by atoms with van der Waals surface area (Å²) >= 11 is 3.51. The summed E-state index contributed by atoms with van der Waals surface area (Å²) < 4.78 is 0.854. The van der Waals surface area contributed by atoms with Crippen molar-refractivity contribution in [3.63, 3.8) is 0 Å². The van der Waals surface area contributed by atoms with Crippen LogP contribution in [0.4, 0.5) is 5.69 Å². The van der Waals surface area contributed by atoms with Crippen molar-refractivity contribution in [3.8, 4) is 12.1 Å². The van der Waals surface area contributed by atoms with Gasteiger partial charge in [-0.05, 0) is 29.3 Å². The molecule has 0 aliphatic carbocycles. The maximum Gasteiger partial charge on any atom is 0.176 e. The van der Waals surface area contributed by atoms with Gasteiger partial charge in [-0.3, -0.25) is 4.79 Å². The maximum atomic E-state index is 13.8. The smallest absolute Gasteiger partial charge is 0.176 e. The first-order chi connectivity index (χ1) is 14.2. The van der Waals surface area contributed by atoms with Gasteiger partial charge in [-0.15, -0.1) is 0 Å². The zero-order valence-corrected chi connectivity index (χ0v) is 18.7. The molecule has 2 aromatic carbocycles. The minimum Gasteiger partial charge on any atom is -0.351 e. The molecule has 30 heavy (non-hydrogen) atoms. The average Bonchev–Trinajstić information content (AvgIpc) is 3.03. The molecule has 150 valence electrons. The largest absolute Gasteiger partial charge is 0.351 e. The lowest BCUT2D eigenvalue weighted by Crippen LogP contribution is -2.47. The summed E-state index contributed by atoms with van der Waals surface area (Å²) in [6, 6.07) is 19.0. The summed E-state index contributed by atoms with van der Waals surface area (Å²) in [6.07, 6.45) is 3.87. The number of nitriles is 2. The van der Waals surface area contributed by atoms with Crippen molar-refractivity contribution < 1.29 is 4.79 Å². The van der Waals surface area contributed by atoms with E-state index in [1.807, 2.05) is 86.4 Å². The van der Waals surface area contributed by atoms with E-state index in [9.17, 15) is 15.3 Å². The van der Waals surface area contributed by atoms with E-state index in [4.69, 9.17) is 0 Å². The number of carbonyl (C=O) groups excluding carboxylic acids is 1. The highest BCUT2D eigenvalue weighted by molar-refractivity contribution is 9.10. The Hall–Kier alpha value is -2.89. The molecule has 4 rings (SSSR count). The van der Waals surface area contributed by atoms with Crippen molar-refractivity contribution in [1.82, 2.24) is 0 Å². The first-order valence-corrected chi connectivity index (χ1v) is 10.7. The van der Waals surface area contributed by atoms with E-state index in [1.54, 1.807) is 0 Å². The summed E-state index contributed by atoms with van der Waals surface area (Å²) in [7, 11) is 0. The molecule has 0 radical (unpaired) electrons. The Morgan fingerprint density at radius 3 is 2.43 bits per heavy atom. The van der Waals surface area contributed by atoms with Crippen LogP contribution in [0.1, 0.15) is 37.8 Å². The van der Waals surface area contributed by atoms with Gasteiger partial charge in [0.15, 0.2) is 11.2 Å². The fraction of sp³-hybridized carbons (Fsp3) is 0.320. The molecule has 3 atom stereocenters. The van der Waals surface area contributed by atoms with Crippen LogP contribution in [0, 0.1) is 33.5 Å². The molecule has 4 nitrogen and oxygen atoms in total. The van der Waals surface area contributed by atoms with Gasteiger partial charge in [-0.1, -0.05) is 79.2 Å². The molecule has 0 saturated carbocycles. The minimum atomic E-state index is -1.39. The van der Waals surface area contributed by atoms with Gasteiger partial charge in [0.25, 0.3) is 0 Å². The number of hydrogen-bond donors (Lipinski definition) is 0. The molecule has 0 N–H and O–H groups in total. The molecule has 0 unspecified atom stereocenters. The quantitative estimate of drug-likeness (QED) is 0.597. The number of rotatable bonds is 2. The Morgan fingerprint density at radius 2 is 1.80 bits per heavy atom. The van der Waals surface area contributed by atoms with Gasteiger partial charge in [0.1, 0.15) is 0 Å². The molecular weight excluding hydrogens is 438 g/mol. The maximum absolute atomic E-state index is 13.8. The van der Waals surface area contributed by atoms with Crippen molar-refractivity contribution in [2.45, 2.75) is 38.8 Å². The number of ketones is 1. The van der Waals surface area contributed by atoms with E-state index in [0.29, 0.717) is 0 Å². The standard InChI is InChI=1S/C25H22BrN3O/c1-24(2,3)23(30)22-21(17-8-6-9-18(26)13-17)25(14-27,15-28)20-12-11-16-7-4-5-10-19(16)29(20)22/h4-13,20-22H,1-3H3/t20-,21-,22+/m1/s1. The van der Waals surface area contributed by atoms with E-state index in [0.717, 1.165) is 21.3 Å². The number of halogens is 1. The third-order valence-corrected chi connectivity index (χ3v) is 6.62. The van der Waals surface area contributed by atoms with Crippen LogP contribution in [0.2, 0.25) is 0 Å². The van der Waals surface area contributed by atoms with Crippen LogP contribution in [0.15, 0.2) is 59.1 Å². The van der Waals surface area contributed by atoms with Crippen molar-refractivity contribution in [1.29, 1.82) is 10.5 Å². The molecular formula is C25H22BrN3O. The number of para-hydroxylation sites is 1. The molecule has 0 amide bonds. The highest BCUT2D eigenvalue weighted by Gasteiger charge is 2.64. The lowest BCUT2D eigenvalue weighted by Gasteiger charge is -2.37. The zero-order chi connectivity index (χ0) is 21.7. The zero-order valence-electron chi connectivity index (χ0n) is 17.1. The number of Topliss-reactive ketones (excluding diaryl/α,β-unsaturated/α-hetero) is 1. The lowest BCUT2D eigenvalue weighted by atomic mass is 9.68. The summed E-state index contributed by atoms with van der Waals surface area (Å²) in [5.41, 5.74) is 0.669. The third-order valence-electron chi connectivity index (χ3n) is 6.13. The Bertz CT molecular complexity index is 1120. The molecule has 5 heteroatoms. The fourth-order valence-electron chi connectivity index (χ4n) is 4.75. The number of carbonyl (C=O) groups is 1. The van der Waals surface area contributed by atoms with E-state index in [-0.39, 0.29) is 5.78 Å². The average molecular weight is 460 g/mol. The number of benzene rings is 2. The minimum absolute atomic E-state index is 0.0231. The second-order valence-corrected chi connectivity index (χ2v) is 9.87. The van der Waals surface area contributed by atoms with Crippen LogP contribution in [0.3, 0.4) is 0 Å². The molecule has 0 spiro atoms. The van der Waals surface area contributed by atoms with Gasteiger partial charge in [0.05, 0.1) is 24.2 Å². The highest BCUT2D eigenvalue weighted by Crippen LogP contribution is 2.56. The van der Waals surface area contributed by atoms with E-state index < -0.39 is 28.8 Å². The van der Waals surface area contributed by atoms with Crippen LogP contribution in [0.25, 0.3) is 6.08 Å². The van der Waals surface area contributed by atoms with E-state index in [2.05, 4.69) is 28.1 Å². The van der Waals surface area contributed by atoms with Crippen LogP contribution in [-0.2, 0) is 4.79 Å². The van der Waals surface area contributed by atoms with Gasteiger partial charge in [-0.2, -0.15) is 10.5 Å². The Balaban J connectivity index is 2.04. The molecule has 2 aliphatic heterocycles. The van der Waals surface area contributed by atoms with Gasteiger partial charge in [0, 0.05) is 21.5 Å². The Morgan fingerprint density at radius 1 is 1.10 bits per heavy atom. The Kier molecular flexibility index (Phi) is 4.83. The van der Waals surface area contributed by atoms with Crippen LogP contribution in [0.5, 0.6) is 0 Å². The van der Waals surface area contributed by atoms with Crippen molar-refractivity contribution >= 4 is 33.5 Å². The molecule has 2 aromatic rings. The molecule has 0 aromatic heterocycles. The second-order valence-electron chi connectivity index (χ2n) is 8.95. The third kappa shape index (κ3) is 2.89. The van der Waals surface area contributed by atoms with Gasteiger partial charge >= 0.3 is 0 Å².